The monoisotopic (exact) mass is 526 g/mol. The lowest BCUT2D eigenvalue weighted by molar-refractivity contribution is -0.123. The lowest BCUT2D eigenvalue weighted by atomic mass is 10.1. The lowest BCUT2D eigenvalue weighted by Crippen LogP contribution is -2.36. The average molecular weight is 527 g/mol. The highest BCUT2D eigenvalue weighted by atomic mass is 35.5. The first-order valence-electron chi connectivity index (χ1n) is 10.4. The summed E-state index contributed by atoms with van der Waals surface area (Å²) in [4.78, 5) is 25.9. The van der Waals surface area contributed by atoms with Gasteiger partial charge in [0.2, 0.25) is 5.91 Å². The summed E-state index contributed by atoms with van der Waals surface area (Å²) < 4.78 is 13.5. The number of halogens is 3. The van der Waals surface area contributed by atoms with Crippen molar-refractivity contribution in [3.8, 4) is 0 Å². The lowest BCUT2D eigenvalue weighted by Gasteiger charge is -2.18. The quantitative estimate of drug-likeness (QED) is 0.120. The van der Waals surface area contributed by atoms with Gasteiger partial charge in [0.25, 0.3) is 5.91 Å². The number of hydrogen-bond donors (Lipinski definition) is 3. The summed E-state index contributed by atoms with van der Waals surface area (Å²) in [6.45, 7) is 3.25. The van der Waals surface area contributed by atoms with Gasteiger partial charge in [-0.3, -0.25) is 14.6 Å². The molecule has 0 spiro atoms. The van der Waals surface area contributed by atoms with Crippen LogP contribution in [0.4, 0.5) is 15.8 Å². The highest BCUT2D eigenvalue weighted by Crippen LogP contribution is 2.24. The minimum absolute atomic E-state index is 0.142. The molecule has 0 aliphatic carbocycles. The van der Waals surface area contributed by atoms with Gasteiger partial charge >= 0.3 is 0 Å². The van der Waals surface area contributed by atoms with E-state index in [2.05, 4.69) is 27.6 Å². The zero-order valence-electron chi connectivity index (χ0n) is 18.7. The first-order chi connectivity index (χ1) is 17.3. The predicted octanol–water partition coefficient (Wildman–Crippen LogP) is 4.97. The fourth-order valence-electron chi connectivity index (χ4n) is 3.14. The molecule has 3 aromatic rings. The Hall–Kier alpha value is -4.05. The minimum Gasteiger partial charge on any atom is -0.337 e. The number of anilines is 2. The third-order valence-corrected chi connectivity index (χ3v) is 5.33. The van der Waals surface area contributed by atoms with Crippen molar-refractivity contribution in [3.63, 3.8) is 0 Å². The molecule has 11 heteroatoms. The van der Waals surface area contributed by atoms with E-state index in [1.165, 1.54) is 35.6 Å². The largest absolute Gasteiger partial charge is 0.337 e. The fraction of sp³-hybridized carbons (Fsp3) is 0.0400. The summed E-state index contributed by atoms with van der Waals surface area (Å²) in [6, 6.07) is 16.2. The number of rotatable bonds is 9. The number of hydrogen-bond acceptors (Lipinski definition) is 5. The first-order valence-corrected chi connectivity index (χ1v) is 11.2. The Morgan fingerprint density at radius 1 is 1.08 bits per heavy atom. The maximum Gasteiger partial charge on any atom is 0.251 e. The molecular weight excluding hydrogens is 506 g/mol. The van der Waals surface area contributed by atoms with Crippen LogP contribution in [-0.4, -0.2) is 24.9 Å². The Morgan fingerprint density at radius 3 is 2.53 bits per heavy atom. The van der Waals surface area contributed by atoms with Gasteiger partial charge in [-0.15, -0.1) is 5.10 Å². The summed E-state index contributed by atoms with van der Waals surface area (Å²) in [5.41, 5.74) is 1.81. The molecule has 0 aromatic heterocycles. The van der Waals surface area contributed by atoms with Gasteiger partial charge in [0, 0.05) is 29.1 Å². The number of benzene rings is 3. The molecule has 0 heterocycles. The standard InChI is InChI=1S/C25H21Cl2FN6O2/c1-30-31-15-34(29)22-11-8-18(26)13-17(22)7-12-23(35)33-24(16-5-3-2-4-6-16)25(36)32-19-9-10-21(28)20(27)14-19/h2-15,24H,1,29H2,(H,32,36)(H,33,35)/b12-7+,31-15-. The summed E-state index contributed by atoms with van der Waals surface area (Å²) in [5.74, 6) is 4.24. The van der Waals surface area contributed by atoms with Crippen molar-refractivity contribution in [2.24, 2.45) is 16.0 Å². The van der Waals surface area contributed by atoms with Crippen LogP contribution >= 0.6 is 23.2 Å². The van der Waals surface area contributed by atoms with Crippen molar-refractivity contribution < 1.29 is 14.0 Å². The Morgan fingerprint density at radius 2 is 1.83 bits per heavy atom. The Bertz CT molecular complexity index is 1320. The fourth-order valence-corrected chi connectivity index (χ4v) is 3.50. The molecule has 4 N–H and O–H groups in total. The van der Waals surface area contributed by atoms with E-state index in [1.54, 1.807) is 48.5 Å². The molecule has 184 valence electrons. The maximum absolute atomic E-state index is 13.5. The zero-order valence-corrected chi connectivity index (χ0v) is 20.2. The van der Waals surface area contributed by atoms with E-state index in [-0.39, 0.29) is 10.7 Å². The molecule has 3 aromatic carbocycles. The predicted molar refractivity (Wildman–Crippen MR) is 143 cm³/mol. The van der Waals surface area contributed by atoms with Gasteiger partial charge in [0.1, 0.15) is 18.2 Å². The van der Waals surface area contributed by atoms with Gasteiger partial charge < -0.3 is 10.6 Å². The first kappa shape index (κ1) is 26.6. The van der Waals surface area contributed by atoms with E-state index in [0.717, 1.165) is 6.07 Å². The van der Waals surface area contributed by atoms with Crippen LogP contribution in [0.15, 0.2) is 83.0 Å². The van der Waals surface area contributed by atoms with Crippen LogP contribution in [-0.2, 0) is 9.59 Å². The second kappa shape index (κ2) is 12.6. The van der Waals surface area contributed by atoms with Gasteiger partial charge in [-0.05, 0) is 48.0 Å². The molecule has 0 aliphatic rings. The van der Waals surface area contributed by atoms with Crippen LogP contribution in [0.3, 0.4) is 0 Å². The Balaban J connectivity index is 1.82. The third-order valence-electron chi connectivity index (χ3n) is 4.81. The molecule has 8 nitrogen and oxygen atoms in total. The summed E-state index contributed by atoms with van der Waals surface area (Å²) >= 11 is 11.9. The Kier molecular flexibility index (Phi) is 9.29. The number of nitrogens with two attached hydrogens (primary N) is 1. The van der Waals surface area contributed by atoms with Crippen LogP contribution in [0.5, 0.6) is 0 Å². The molecule has 1 unspecified atom stereocenters. The van der Waals surface area contributed by atoms with E-state index < -0.39 is 23.7 Å². The number of carbonyl (C=O) groups is 2. The Labute approximate surface area is 216 Å². The average Bonchev–Trinajstić information content (AvgIpc) is 2.87. The molecule has 0 fully saturated rings. The zero-order chi connectivity index (χ0) is 26.1. The molecule has 3 rings (SSSR count). The molecule has 36 heavy (non-hydrogen) atoms. The summed E-state index contributed by atoms with van der Waals surface area (Å²) in [7, 11) is 0. The highest BCUT2D eigenvalue weighted by molar-refractivity contribution is 6.31. The van der Waals surface area contributed by atoms with Crippen molar-refractivity contribution in [2.45, 2.75) is 6.04 Å². The topological polar surface area (TPSA) is 112 Å². The molecule has 0 aliphatic heterocycles. The number of hydrazine groups is 1. The second-order valence-electron chi connectivity index (χ2n) is 7.29. The van der Waals surface area contributed by atoms with Crippen molar-refractivity contribution in [1.82, 2.24) is 5.32 Å². The van der Waals surface area contributed by atoms with Crippen molar-refractivity contribution >= 4 is 65.5 Å². The van der Waals surface area contributed by atoms with Gasteiger partial charge in [0.05, 0.1) is 10.7 Å². The van der Waals surface area contributed by atoms with Crippen LogP contribution < -0.4 is 21.5 Å². The molecule has 0 saturated heterocycles. The van der Waals surface area contributed by atoms with Crippen LogP contribution in [0.2, 0.25) is 10.0 Å². The van der Waals surface area contributed by atoms with Gasteiger partial charge in [-0.25, -0.2) is 10.2 Å². The third kappa shape index (κ3) is 7.22. The molecule has 0 saturated carbocycles. The smallest absolute Gasteiger partial charge is 0.251 e. The van der Waals surface area contributed by atoms with Crippen molar-refractivity contribution in [2.75, 3.05) is 10.3 Å². The molecule has 2 amide bonds. The van der Waals surface area contributed by atoms with Crippen molar-refractivity contribution in [3.05, 3.63) is 99.8 Å². The normalized spacial score (nSPS) is 11.9. The maximum atomic E-state index is 13.5. The van der Waals surface area contributed by atoms with Gasteiger partial charge in [-0.2, -0.15) is 5.10 Å². The van der Waals surface area contributed by atoms with Gasteiger partial charge in [0.15, 0.2) is 0 Å². The summed E-state index contributed by atoms with van der Waals surface area (Å²) in [6.07, 6.45) is 3.97. The second-order valence-corrected chi connectivity index (χ2v) is 8.13. The van der Waals surface area contributed by atoms with Gasteiger partial charge in [-0.1, -0.05) is 53.5 Å². The number of nitrogens with one attached hydrogen (secondary N) is 2. The number of carbonyl (C=O) groups excluding carboxylic acids is 2. The van der Waals surface area contributed by atoms with E-state index >= 15 is 0 Å². The molecule has 0 bridgehead atoms. The van der Waals surface area contributed by atoms with E-state index in [0.29, 0.717) is 21.8 Å². The highest BCUT2D eigenvalue weighted by Gasteiger charge is 2.22. The molecular formula is C25H21Cl2FN6O2. The molecule has 1 atom stereocenters. The van der Waals surface area contributed by atoms with E-state index in [1.807, 2.05) is 0 Å². The van der Waals surface area contributed by atoms with Crippen LogP contribution in [0, 0.1) is 5.82 Å². The minimum atomic E-state index is -1.05. The number of nitrogens with zero attached hydrogens (tertiary/aromatic N) is 3. The van der Waals surface area contributed by atoms with Crippen LogP contribution in [0.25, 0.3) is 6.08 Å². The van der Waals surface area contributed by atoms with Crippen LogP contribution in [0.1, 0.15) is 17.2 Å². The molecule has 0 radical (unpaired) electrons. The van der Waals surface area contributed by atoms with E-state index in [4.69, 9.17) is 29.0 Å². The SMILES string of the molecule is C=N/N=C\N(N)c1ccc(Cl)cc1/C=C/C(=O)NC(C(=O)Nc1ccc(F)c(Cl)c1)c1ccccc1. The number of amides is 2. The summed E-state index contributed by atoms with van der Waals surface area (Å²) in [5, 5.41) is 13.8. The van der Waals surface area contributed by atoms with Crippen molar-refractivity contribution in [1.29, 1.82) is 0 Å². The van der Waals surface area contributed by atoms with E-state index in [9.17, 15) is 14.0 Å².